The zero-order valence-corrected chi connectivity index (χ0v) is 17.5. The Morgan fingerprint density at radius 2 is 2.00 bits per heavy atom. The molecule has 4 rings (SSSR count). The van der Waals surface area contributed by atoms with Gasteiger partial charge in [-0.3, -0.25) is 10.00 Å². The van der Waals surface area contributed by atoms with Crippen molar-refractivity contribution < 1.29 is 14.3 Å². The molecule has 4 aromatic rings. The number of methoxy groups -OCH3 is 1. The lowest BCUT2D eigenvalue weighted by Gasteiger charge is -2.08. The topological polar surface area (TPSA) is 83.2 Å². The minimum absolute atomic E-state index is 0.128. The summed E-state index contributed by atoms with van der Waals surface area (Å²) in [7, 11) is 5.28. The van der Waals surface area contributed by atoms with Crippen LogP contribution in [0.25, 0.3) is 22.3 Å². The van der Waals surface area contributed by atoms with Gasteiger partial charge >= 0.3 is 6.09 Å². The fraction of sp³-hybridized carbons (Fsp3) is 0.190. The smallest absolute Gasteiger partial charge is 0.413 e. The normalized spacial score (nSPS) is 10.9. The zero-order chi connectivity index (χ0) is 21.3. The second-order valence-electron chi connectivity index (χ2n) is 6.76. The lowest BCUT2D eigenvalue weighted by molar-refractivity contribution is 0.155. The Labute approximate surface area is 178 Å². The molecule has 9 heteroatoms. The van der Waals surface area contributed by atoms with Crippen LogP contribution in [0.3, 0.4) is 0 Å². The number of carbonyl (C=O) groups is 1. The minimum Gasteiger partial charge on any atom is -0.496 e. The number of fused-ring (bicyclic) bond motifs is 1. The molecule has 1 N–H and O–H groups in total. The summed E-state index contributed by atoms with van der Waals surface area (Å²) in [6.45, 7) is 0.128. The molecule has 2 heterocycles. The molecule has 0 fully saturated rings. The molecule has 0 saturated heterocycles. The van der Waals surface area contributed by atoms with Crippen molar-refractivity contribution in [3.05, 3.63) is 59.4 Å². The summed E-state index contributed by atoms with van der Waals surface area (Å²) in [4.78, 5) is 16.5. The first-order chi connectivity index (χ1) is 14.4. The Balaban J connectivity index is 1.44. The highest BCUT2D eigenvalue weighted by Crippen LogP contribution is 2.33. The molecule has 30 heavy (non-hydrogen) atoms. The number of amides is 1. The second kappa shape index (κ2) is 8.08. The number of hydrogen-bond donors (Lipinski definition) is 1. The quantitative estimate of drug-likeness (QED) is 0.513. The van der Waals surface area contributed by atoms with Crippen LogP contribution in [0.15, 0.2) is 48.8 Å². The van der Waals surface area contributed by atoms with Gasteiger partial charge in [0.2, 0.25) is 0 Å². The molecule has 0 saturated carbocycles. The zero-order valence-electron chi connectivity index (χ0n) is 16.7. The predicted octanol–water partition coefficient (Wildman–Crippen LogP) is 4.38. The molecule has 0 spiro atoms. The van der Waals surface area contributed by atoms with Crippen LogP contribution in [0.4, 0.5) is 10.6 Å². The van der Waals surface area contributed by atoms with Crippen LogP contribution >= 0.6 is 11.6 Å². The van der Waals surface area contributed by atoms with Crippen molar-refractivity contribution in [2.24, 2.45) is 14.1 Å². The molecule has 8 nitrogen and oxygen atoms in total. The number of nitrogens with zero attached hydrogens (tertiary/aromatic N) is 4. The van der Waals surface area contributed by atoms with Crippen LogP contribution < -0.4 is 10.1 Å². The number of imidazole rings is 1. The Morgan fingerprint density at radius 1 is 1.17 bits per heavy atom. The molecule has 1 amide bonds. The first kappa shape index (κ1) is 19.8. The average molecular weight is 426 g/mol. The Kier molecular flexibility index (Phi) is 5.33. The Morgan fingerprint density at radius 3 is 2.80 bits per heavy atom. The van der Waals surface area contributed by atoms with Gasteiger partial charge in [0.05, 0.1) is 30.2 Å². The molecule has 2 aromatic heterocycles. The van der Waals surface area contributed by atoms with Gasteiger partial charge in [0, 0.05) is 30.7 Å². The van der Waals surface area contributed by atoms with Crippen LogP contribution in [0.5, 0.6) is 5.75 Å². The Hall–Kier alpha value is -3.52. The second-order valence-corrected chi connectivity index (χ2v) is 7.20. The molecule has 154 valence electrons. The number of ether oxygens (including phenoxy) is 2. The van der Waals surface area contributed by atoms with Gasteiger partial charge in [0.25, 0.3) is 0 Å². The maximum atomic E-state index is 12.2. The lowest BCUT2D eigenvalue weighted by atomic mass is 10.1. The summed E-state index contributed by atoms with van der Waals surface area (Å²) in [5.41, 5.74) is 4.29. The molecule has 0 aliphatic rings. The first-order valence-corrected chi connectivity index (χ1v) is 9.54. The first-order valence-electron chi connectivity index (χ1n) is 9.16. The van der Waals surface area contributed by atoms with E-state index in [-0.39, 0.29) is 6.61 Å². The third kappa shape index (κ3) is 3.95. The van der Waals surface area contributed by atoms with Crippen molar-refractivity contribution in [2.45, 2.75) is 6.61 Å². The number of rotatable bonds is 5. The van der Waals surface area contributed by atoms with Crippen LogP contribution in [-0.2, 0) is 25.4 Å². The van der Waals surface area contributed by atoms with E-state index >= 15 is 0 Å². The molecule has 2 aromatic carbocycles. The van der Waals surface area contributed by atoms with Gasteiger partial charge in [0.1, 0.15) is 12.4 Å². The molecule has 0 aliphatic carbocycles. The third-order valence-corrected chi connectivity index (χ3v) is 4.94. The van der Waals surface area contributed by atoms with Gasteiger partial charge in [-0.2, -0.15) is 5.10 Å². The van der Waals surface area contributed by atoms with Gasteiger partial charge in [0.15, 0.2) is 5.82 Å². The SMILES string of the molecule is COc1cc(Cl)ccc1-c1cc(NC(=O)OCc2ccc3c(c2)ncn3C)nn1C. The van der Waals surface area contributed by atoms with Crippen molar-refractivity contribution in [3.8, 4) is 17.0 Å². The molecule has 0 atom stereocenters. The van der Waals surface area contributed by atoms with Crippen LogP contribution in [0.2, 0.25) is 5.02 Å². The van der Waals surface area contributed by atoms with Crippen molar-refractivity contribution in [2.75, 3.05) is 12.4 Å². The largest absolute Gasteiger partial charge is 0.496 e. The summed E-state index contributed by atoms with van der Waals surface area (Å²) in [5.74, 6) is 0.985. The highest BCUT2D eigenvalue weighted by Gasteiger charge is 2.15. The van der Waals surface area contributed by atoms with Crippen molar-refractivity contribution in [1.82, 2.24) is 19.3 Å². The monoisotopic (exact) mass is 425 g/mol. The molecular formula is C21H20ClN5O3. The van der Waals surface area contributed by atoms with Crippen molar-refractivity contribution in [3.63, 3.8) is 0 Å². The van der Waals surface area contributed by atoms with E-state index in [9.17, 15) is 4.79 Å². The van der Waals surface area contributed by atoms with E-state index in [1.54, 1.807) is 43.4 Å². The third-order valence-electron chi connectivity index (χ3n) is 4.71. The maximum Gasteiger partial charge on any atom is 0.413 e. The molecule has 0 radical (unpaired) electrons. The number of carbonyl (C=O) groups excluding carboxylic acids is 1. The highest BCUT2D eigenvalue weighted by molar-refractivity contribution is 6.30. The average Bonchev–Trinajstić information content (AvgIpc) is 3.28. The minimum atomic E-state index is -0.594. The van der Waals surface area contributed by atoms with Crippen molar-refractivity contribution in [1.29, 1.82) is 0 Å². The number of nitrogens with one attached hydrogen (secondary N) is 1. The number of aromatic nitrogens is 4. The number of halogens is 1. The number of benzene rings is 2. The molecular weight excluding hydrogens is 406 g/mol. The van der Waals surface area contributed by atoms with E-state index in [2.05, 4.69) is 15.4 Å². The van der Waals surface area contributed by atoms with Crippen molar-refractivity contribution >= 4 is 34.5 Å². The van der Waals surface area contributed by atoms with E-state index in [1.807, 2.05) is 35.9 Å². The molecule has 0 unspecified atom stereocenters. The van der Waals surface area contributed by atoms with Crippen LogP contribution in [0.1, 0.15) is 5.56 Å². The predicted molar refractivity (Wildman–Crippen MR) is 115 cm³/mol. The van der Waals surface area contributed by atoms with Crippen LogP contribution in [-0.4, -0.2) is 32.5 Å². The molecule has 0 bridgehead atoms. The summed E-state index contributed by atoms with van der Waals surface area (Å²) >= 11 is 6.03. The number of anilines is 1. The van der Waals surface area contributed by atoms with Gasteiger partial charge in [-0.15, -0.1) is 0 Å². The fourth-order valence-electron chi connectivity index (χ4n) is 3.22. The fourth-order valence-corrected chi connectivity index (χ4v) is 3.38. The maximum absolute atomic E-state index is 12.2. The summed E-state index contributed by atoms with van der Waals surface area (Å²) in [6, 6.07) is 12.8. The van der Waals surface area contributed by atoms with Gasteiger partial charge in [-0.05, 0) is 35.9 Å². The summed E-state index contributed by atoms with van der Waals surface area (Å²) < 4.78 is 14.3. The standard InChI is InChI=1S/C21H20ClN5O3/c1-26-12-23-16-8-13(4-7-17(16)26)11-30-21(28)24-20-10-18(27(2)25-20)15-6-5-14(22)9-19(15)29-3/h4-10,12H,11H2,1-3H3,(H,24,25,28). The lowest BCUT2D eigenvalue weighted by Crippen LogP contribution is -2.14. The number of aryl methyl sites for hydroxylation is 2. The van der Waals surface area contributed by atoms with E-state index < -0.39 is 6.09 Å². The van der Waals surface area contributed by atoms with E-state index in [0.717, 1.165) is 27.9 Å². The number of hydrogen-bond acceptors (Lipinski definition) is 5. The van der Waals surface area contributed by atoms with Gasteiger partial charge < -0.3 is 14.0 Å². The summed E-state index contributed by atoms with van der Waals surface area (Å²) in [6.07, 6.45) is 1.15. The Bertz CT molecular complexity index is 1230. The van der Waals surface area contributed by atoms with E-state index in [4.69, 9.17) is 21.1 Å². The van der Waals surface area contributed by atoms with E-state index in [0.29, 0.717) is 16.6 Å². The highest BCUT2D eigenvalue weighted by atomic mass is 35.5. The summed E-state index contributed by atoms with van der Waals surface area (Å²) in [5, 5.41) is 7.55. The van der Waals surface area contributed by atoms with Gasteiger partial charge in [-0.1, -0.05) is 17.7 Å². The van der Waals surface area contributed by atoms with Gasteiger partial charge in [-0.25, -0.2) is 9.78 Å². The molecule has 0 aliphatic heterocycles. The van der Waals surface area contributed by atoms with Crippen LogP contribution in [0, 0.1) is 0 Å². The van der Waals surface area contributed by atoms with E-state index in [1.165, 1.54) is 0 Å².